The van der Waals surface area contributed by atoms with Crippen LogP contribution < -0.4 is 10.4 Å². The molecule has 5 rings (SSSR count). The predicted octanol–water partition coefficient (Wildman–Crippen LogP) is 4.04. The number of benzene rings is 1. The van der Waals surface area contributed by atoms with Gasteiger partial charge in [0.1, 0.15) is 5.75 Å². The Morgan fingerprint density at radius 1 is 1.09 bits per heavy atom. The van der Waals surface area contributed by atoms with Crippen LogP contribution >= 0.6 is 0 Å². The molecule has 0 fully saturated rings. The lowest BCUT2D eigenvalue weighted by Gasteiger charge is -2.14. The number of nitrogens with zero attached hydrogens (tertiary/aromatic N) is 6. The summed E-state index contributed by atoms with van der Waals surface area (Å²) in [6, 6.07) is 3.98. The van der Waals surface area contributed by atoms with Gasteiger partial charge in [-0.1, -0.05) is 6.92 Å². The molecule has 0 N–H and O–H groups in total. The summed E-state index contributed by atoms with van der Waals surface area (Å²) in [5.41, 5.74) is 6.95. The maximum Gasteiger partial charge on any atom is 0.333 e. The second-order valence-electron chi connectivity index (χ2n) is 8.14. The van der Waals surface area contributed by atoms with Gasteiger partial charge < -0.3 is 4.74 Å². The maximum atomic E-state index is 13.5. The van der Waals surface area contributed by atoms with Crippen LogP contribution in [0.15, 0.2) is 47.9 Å². The van der Waals surface area contributed by atoms with Gasteiger partial charge in [-0.05, 0) is 37.5 Å². The monoisotopic (exact) mass is 442 g/mol. The summed E-state index contributed by atoms with van der Waals surface area (Å²) in [4.78, 5) is 22.5. The predicted molar refractivity (Wildman–Crippen MR) is 129 cm³/mol. The van der Waals surface area contributed by atoms with Gasteiger partial charge >= 0.3 is 5.69 Å². The molecular formula is C25H26N6O2. The number of methoxy groups -OCH3 is 1. The third-order valence-corrected chi connectivity index (χ3v) is 6.25. The van der Waals surface area contributed by atoms with Gasteiger partial charge in [-0.3, -0.25) is 23.8 Å². The van der Waals surface area contributed by atoms with Crippen molar-refractivity contribution < 1.29 is 4.74 Å². The highest BCUT2D eigenvalue weighted by atomic mass is 16.5. The summed E-state index contributed by atoms with van der Waals surface area (Å²) in [5.74, 6) is 0.712. The van der Waals surface area contributed by atoms with Crippen LogP contribution in [0.4, 0.5) is 0 Å². The van der Waals surface area contributed by atoms with Crippen LogP contribution in [0, 0.1) is 6.92 Å². The van der Waals surface area contributed by atoms with Crippen LogP contribution in [0.1, 0.15) is 25.0 Å². The number of rotatable bonds is 5. The Morgan fingerprint density at radius 3 is 2.61 bits per heavy atom. The number of hydrogen-bond donors (Lipinski definition) is 0. The maximum absolute atomic E-state index is 13.5. The van der Waals surface area contributed by atoms with Crippen LogP contribution in [0.25, 0.3) is 38.8 Å². The van der Waals surface area contributed by atoms with Crippen LogP contribution in [0.3, 0.4) is 0 Å². The van der Waals surface area contributed by atoms with Crippen molar-refractivity contribution in [3.8, 4) is 22.6 Å². The van der Waals surface area contributed by atoms with E-state index in [0.717, 1.165) is 62.8 Å². The summed E-state index contributed by atoms with van der Waals surface area (Å²) in [7, 11) is 3.44. The molecule has 4 aromatic heterocycles. The van der Waals surface area contributed by atoms with E-state index < -0.39 is 0 Å². The van der Waals surface area contributed by atoms with E-state index in [1.165, 1.54) is 0 Å². The molecule has 4 heterocycles. The average molecular weight is 443 g/mol. The normalized spacial score (nSPS) is 11.5. The zero-order chi connectivity index (χ0) is 23.3. The van der Waals surface area contributed by atoms with E-state index in [4.69, 9.17) is 4.74 Å². The van der Waals surface area contributed by atoms with E-state index in [1.807, 2.05) is 43.2 Å². The van der Waals surface area contributed by atoms with Crippen LogP contribution in [0.5, 0.6) is 5.75 Å². The minimum absolute atomic E-state index is 0.112. The van der Waals surface area contributed by atoms with E-state index in [0.29, 0.717) is 5.75 Å². The molecule has 0 saturated heterocycles. The molecule has 0 atom stereocenters. The lowest BCUT2D eigenvalue weighted by molar-refractivity contribution is 0.417. The minimum atomic E-state index is -0.112. The number of imidazole rings is 1. The van der Waals surface area contributed by atoms with Crippen molar-refractivity contribution in [1.29, 1.82) is 0 Å². The Hall–Kier alpha value is -3.94. The quantitative estimate of drug-likeness (QED) is 0.411. The van der Waals surface area contributed by atoms with E-state index in [9.17, 15) is 4.79 Å². The van der Waals surface area contributed by atoms with E-state index in [2.05, 4.69) is 28.1 Å². The molecule has 33 heavy (non-hydrogen) atoms. The first kappa shape index (κ1) is 20.9. The molecule has 1 aromatic carbocycles. The van der Waals surface area contributed by atoms with Crippen LogP contribution in [-0.2, 0) is 20.0 Å². The summed E-state index contributed by atoms with van der Waals surface area (Å²) >= 11 is 0. The lowest BCUT2D eigenvalue weighted by atomic mass is 10.0. The molecule has 0 bridgehead atoms. The second kappa shape index (κ2) is 7.88. The molecule has 0 unspecified atom stereocenters. The number of aryl methyl sites for hydroxylation is 4. The van der Waals surface area contributed by atoms with Crippen molar-refractivity contribution in [3.63, 3.8) is 0 Å². The van der Waals surface area contributed by atoms with E-state index in [1.54, 1.807) is 35.7 Å². The molecule has 0 saturated carbocycles. The van der Waals surface area contributed by atoms with Gasteiger partial charge in [0, 0.05) is 54.8 Å². The second-order valence-corrected chi connectivity index (χ2v) is 8.14. The Kier molecular flexibility index (Phi) is 5.00. The molecule has 0 radical (unpaired) electrons. The molecule has 5 aromatic rings. The molecule has 0 aliphatic rings. The number of ether oxygens (including phenoxy) is 1. The third kappa shape index (κ3) is 3.13. The highest BCUT2D eigenvalue weighted by Crippen LogP contribution is 2.36. The van der Waals surface area contributed by atoms with Crippen molar-refractivity contribution in [2.24, 2.45) is 7.05 Å². The van der Waals surface area contributed by atoms with Gasteiger partial charge in [0.25, 0.3) is 0 Å². The van der Waals surface area contributed by atoms with E-state index >= 15 is 0 Å². The van der Waals surface area contributed by atoms with Gasteiger partial charge in [-0.15, -0.1) is 0 Å². The van der Waals surface area contributed by atoms with Crippen molar-refractivity contribution in [2.45, 2.75) is 33.7 Å². The van der Waals surface area contributed by atoms with Crippen molar-refractivity contribution in [2.75, 3.05) is 7.11 Å². The lowest BCUT2D eigenvalue weighted by Crippen LogP contribution is -2.22. The zero-order valence-corrected chi connectivity index (χ0v) is 19.5. The van der Waals surface area contributed by atoms with Crippen molar-refractivity contribution in [3.05, 3.63) is 64.7 Å². The molecule has 0 aliphatic heterocycles. The number of hydrogen-bond acceptors (Lipinski definition) is 5. The Balaban J connectivity index is 1.93. The average Bonchev–Trinajstić information content (AvgIpc) is 3.41. The molecule has 168 valence electrons. The van der Waals surface area contributed by atoms with Gasteiger partial charge in [-0.2, -0.15) is 5.10 Å². The number of fused-ring (bicyclic) bond motifs is 3. The van der Waals surface area contributed by atoms with Crippen LogP contribution in [0.2, 0.25) is 0 Å². The number of aromatic nitrogens is 6. The zero-order valence-electron chi connectivity index (χ0n) is 19.5. The van der Waals surface area contributed by atoms with Gasteiger partial charge in [0.2, 0.25) is 0 Å². The van der Waals surface area contributed by atoms with Crippen molar-refractivity contribution in [1.82, 2.24) is 28.9 Å². The highest BCUT2D eigenvalue weighted by molar-refractivity contribution is 6.05. The molecule has 0 aliphatic carbocycles. The van der Waals surface area contributed by atoms with Crippen LogP contribution in [-0.4, -0.2) is 36.0 Å². The Bertz CT molecular complexity index is 1570. The fourth-order valence-corrected chi connectivity index (χ4v) is 4.50. The van der Waals surface area contributed by atoms with Crippen molar-refractivity contribution >= 4 is 21.9 Å². The Labute approximate surface area is 191 Å². The standard InChI is InChI=1S/C25H26N6O2/c1-6-16-11-26-10-15(3)23(16)31-24-19-8-18(17-12-28-30(7-2)14-17)22(33-5)9-20(19)27-13-21(24)29(4)25(31)32/h8-14H,6-7H2,1-5H3. The molecule has 0 amide bonds. The topological polar surface area (TPSA) is 79.8 Å². The number of pyridine rings is 2. The summed E-state index contributed by atoms with van der Waals surface area (Å²) < 4.78 is 11.0. The van der Waals surface area contributed by atoms with Gasteiger partial charge in [0.15, 0.2) is 0 Å². The first-order valence-electron chi connectivity index (χ1n) is 11.0. The fraction of sp³-hybridized carbons (Fsp3) is 0.280. The Morgan fingerprint density at radius 2 is 1.91 bits per heavy atom. The van der Waals surface area contributed by atoms with E-state index in [-0.39, 0.29) is 5.69 Å². The molecule has 8 nitrogen and oxygen atoms in total. The first-order chi connectivity index (χ1) is 16.0. The highest BCUT2D eigenvalue weighted by Gasteiger charge is 2.21. The van der Waals surface area contributed by atoms with Gasteiger partial charge in [0.05, 0.1) is 41.7 Å². The molecule has 8 heteroatoms. The SMILES string of the molecule is CCc1cncc(C)c1-n1c(=O)n(C)c2cnc3cc(OC)c(-c4cnn(CC)c4)cc3c21. The summed E-state index contributed by atoms with van der Waals surface area (Å²) in [6.45, 7) is 6.89. The smallest absolute Gasteiger partial charge is 0.333 e. The largest absolute Gasteiger partial charge is 0.496 e. The first-order valence-corrected chi connectivity index (χ1v) is 11.0. The summed E-state index contributed by atoms with van der Waals surface area (Å²) in [6.07, 6.45) is 10.00. The third-order valence-electron chi connectivity index (χ3n) is 6.25. The summed E-state index contributed by atoms with van der Waals surface area (Å²) in [5, 5.41) is 5.30. The fourth-order valence-electron chi connectivity index (χ4n) is 4.50. The van der Waals surface area contributed by atoms with Gasteiger partial charge in [-0.25, -0.2) is 4.79 Å². The molecule has 0 spiro atoms. The minimum Gasteiger partial charge on any atom is -0.496 e. The molecular weight excluding hydrogens is 416 g/mol.